The summed E-state index contributed by atoms with van der Waals surface area (Å²) >= 11 is 0. The molecule has 1 aliphatic heterocycles. The Balaban J connectivity index is 1.92. The number of aromatic hydroxyl groups is 1. The van der Waals surface area contributed by atoms with Crippen LogP contribution in [-0.2, 0) is 11.2 Å². The van der Waals surface area contributed by atoms with Crippen LogP contribution in [0, 0.1) is 0 Å². The summed E-state index contributed by atoms with van der Waals surface area (Å²) in [7, 11) is 1.55. The van der Waals surface area contributed by atoms with Crippen molar-refractivity contribution >= 4 is 11.0 Å². The van der Waals surface area contributed by atoms with Gasteiger partial charge in [0.05, 0.1) is 32.5 Å². The third-order valence-corrected chi connectivity index (χ3v) is 6.59. The summed E-state index contributed by atoms with van der Waals surface area (Å²) in [6, 6.07) is 8.23. The molecule has 0 spiro atoms. The number of hydrogen-bond acceptors (Lipinski definition) is 10. The van der Waals surface area contributed by atoms with Crippen molar-refractivity contribution in [1.29, 1.82) is 0 Å². The van der Waals surface area contributed by atoms with Gasteiger partial charge in [-0.1, -0.05) is 11.6 Å². The summed E-state index contributed by atoms with van der Waals surface area (Å²) in [6.07, 6.45) is 0.766. The molecule has 0 radical (unpaired) electrons. The molecule has 3 atom stereocenters. The second-order valence-electron chi connectivity index (χ2n) is 9.92. The molecule has 1 saturated heterocycles. The highest BCUT2D eigenvalue weighted by Crippen LogP contribution is 2.41. The van der Waals surface area contributed by atoms with E-state index in [0.717, 1.165) is 5.57 Å². The Morgan fingerprint density at radius 3 is 2.55 bits per heavy atom. The fourth-order valence-corrected chi connectivity index (χ4v) is 4.55. The standard InChI is InChI=1S/C30H36O10/c1-17(2)5-10-22-24(39-25-14-19(33)13-21(16-32)38-25)15-23(34)26-27(35)30(37-12-4-11-31)28(40-29(22)26)18-6-8-20(36-3)9-7-18/h5-9,15,19,21,25,31-34H,4,10-14,16H2,1-3H3. The van der Waals surface area contributed by atoms with Gasteiger partial charge in [-0.15, -0.1) is 0 Å². The van der Waals surface area contributed by atoms with Crippen LogP contribution in [0.1, 0.15) is 38.7 Å². The van der Waals surface area contributed by atoms with E-state index in [1.165, 1.54) is 6.07 Å². The van der Waals surface area contributed by atoms with Gasteiger partial charge in [-0.2, -0.15) is 0 Å². The number of phenols is 1. The van der Waals surface area contributed by atoms with Gasteiger partial charge in [0.2, 0.25) is 17.5 Å². The average Bonchev–Trinajstić information content (AvgIpc) is 2.93. The SMILES string of the molecule is COc1ccc(-c2oc3c(CC=C(C)C)c(OC4CC(O)CC(CO)O4)cc(O)c3c(=O)c2OCCCO)cc1. The molecule has 10 heteroatoms. The zero-order valence-corrected chi connectivity index (χ0v) is 22.9. The quantitative estimate of drug-likeness (QED) is 0.204. The molecule has 4 N–H and O–H groups in total. The first-order valence-corrected chi connectivity index (χ1v) is 13.2. The third-order valence-electron chi connectivity index (χ3n) is 6.59. The molecule has 4 rings (SSSR count). The molecule has 1 aliphatic rings. The van der Waals surface area contributed by atoms with E-state index in [0.29, 0.717) is 29.7 Å². The van der Waals surface area contributed by atoms with Crippen LogP contribution in [0.15, 0.2) is 51.2 Å². The largest absolute Gasteiger partial charge is 0.507 e. The van der Waals surface area contributed by atoms with Gasteiger partial charge in [-0.25, -0.2) is 0 Å². The highest BCUT2D eigenvalue weighted by atomic mass is 16.7. The van der Waals surface area contributed by atoms with E-state index in [1.807, 2.05) is 19.9 Å². The number of rotatable bonds is 11. The van der Waals surface area contributed by atoms with Crippen LogP contribution < -0.4 is 19.6 Å². The molecule has 0 aliphatic carbocycles. The zero-order valence-electron chi connectivity index (χ0n) is 22.9. The van der Waals surface area contributed by atoms with Crippen LogP contribution >= 0.6 is 0 Å². The summed E-state index contributed by atoms with van der Waals surface area (Å²) in [5.74, 6) is 0.521. The Kier molecular flexibility index (Phi) is 9.70. The van der Waals surface area contributed by atoms with Crippen molar-refractivity contribution in [3.8, 4) is 34.3 Å². The lowest BCUT2D eigenvalue weighted by atomic mass is 10.0. The van der Waals surface area contributed by atoms with Crippen LogP contribution in [0.5, 0.6) is 23.0 Å². The predicted octanol–water partition coefficient (Wildman–Crippen LogP) is 3.68. The van der Waals surface area contributed by atoms with E-state index >= 15 is 0 Å². The number of hydrogen-bond donors (Lipinski definition) is 4. The topological polar surface area (TPSA) is 148 Å². The molecular weight excluding hydrogens is 520 g/mol. The Bertz CT molecular complexity index is 1390. The fraction of sp³-hybridized carbons (Fsp3) is 0.433. The maximum atomic E-state index is 13.8. The normalized spacial score (nSPS) is 18.9. The Hall–Kier alpha value is -3.57. The highest BCUT2D eigenvalue weighted by molar-refractivity contribution is 5.91. The summed E-state index contributed by atoms with van der Waals surface area (Å²) in [4.78, 5) is 13.8. The van der Waals surface area contributed by atoms with Gasteiger partial charge < -0.3 is 43.8 Å². The molecule has 3 unspecified atom stereocenters. The monoisotopic (exact) mass is 556 g/mol. The predicted molar refractivity (Wildman–Crippen MR) is 148 cm³/mol. The number of ether oxygens (including phenoxy) is 4. The van der Waals surface area contributed by atoms with Crippen molar-refractivity contribution in [2.45, 2.75) is 58.0 Å². The van der Waals surface area contributed by atoms with Crippen molar-refractivity contribution in [2.75, 3.05) is 26.9 Å². The van der Waals surface area contributed by atoms with Crippen molar-refractivity contribution in [3.63, 3.8) is 0 Å². The number of benzene rings is 2. The van der Waals surface area contributed by atoms with Crippen LogP contribution in [0.2, 0.25) is 0 Å². The lowest BCUT2D eigenvalue weighted by Crippen LogP contribution is -2.40. The molecular formula is C30H36O10. The molecule has 2 heterocycles. The first kappa shape index (κ1) is 29.4. The molecule has 216 valence electrons. The van der Waals surface area contributed by atoms with Gasteiger partial charge in [-0.05, 0) is 44.5 Å². The van der Waals surface area contributed by atoms with Crippen LogP contribution in [0.25, 0.3) is 22.3 Å². The van der Waals surface area contributed by atoms with E-state index in [9.17, 15) is 25.2 Å². The lowest BCUT2D eigenvalue weighted by Gasteiger charge is -2.32. The van der Waals surface area contributed by atoms with Gasteiger partial charge in [-0.3, -0.25) is 4.79 Å². The molecule has 10 nitrogen and oxygen atoms in total. The minimum atomic E-state index is -0.892. The minimum absolute atomic E-state index is 0.0653. The van der Waals surface area contributed by atoms with Crippen LogP contribution in [0.4, 0.5) is 0 Å². The summed E-state index contributed by atoms with van der Waals surface area (Å²) in [6.45, 7) is 3.54. The minimum Gasteiger partial charge on any atom is -0.507 e. The number of phenolic OH excluding ortho intramolecular Hbond substituents is 1. The second-order valence-corrected chi connectivity index (χ2v) is 9.92. The van der Waals surface area contributed by atoms with Crippen molar-refractivity contribution in [2.24, 2.45) is 0 Å². The molecule has 3 aromatic rings. The summed E-state index contributed by atoms with van der Waals surface area (Å²) in [5, 5.41) is 40.0. The number of aliphatic hydroxyl groups excluding tert-OH is 3. The molecule has 40 heavy (non-hydrogen) atoms. The molecule has 1 fully saturated rings. The van der Waals surface area contributed by atoms with Crippen LogP contribution in [0.3, 0.4) is 0 Å². The third kappa shape index (κ3) is 6.59. The molecule has 1 aromatic heterocycles. The summed E-state index contributed by atoms with van der Waals surface area (Å²) in [5.41, 5.74) is 1.60. The van der Waals surface area contributed by atoms with E-state index in [4.69, 9.17) is 23.4 Å². The molecule has 0 saturated carbocycles. The van der Waals surface area contributed by atoms with E-state index in [-0.39, 0.29) is 66.6 Å². The van der Waals surface area contributed by atoms with Gasteiger partial charge >= 0.3 is 0 Å². The van der Waals surface area contributed by atoms with Gasteiger partial charge in [0.15, 0.2) is 5.76 Å². The first-order chi connectivity index (χ1) is 19.2. The Morgan fingerprint density at radius 1 is 1.15 bits per heavy atom. The van der Waals surface area contributed by atoms with Gasteiger partial charge in [0, 0.05) is 43.1 Å². The Labute approximate surface area is 232 Å². The maximum absolute atomic E-state index is 13.8. The van der Waals surface area contributed by atoms with Crippen molar-refractivity contribution in [1.82, 2.24) is 0 Å². The number of fused-ring (bicyclic) bond motifs is 1. The van der Waals surface area contributed by atoms with Crippen molar-refractivity contribution in [3.05, 3.63) is 57.8 Å². The zero-order chi connectivity index (χ0) is 28.8. The molecule has 2 aromatic carbocycles. The second kappa shape index (κ2) is 13.2. The van der Waals surface area contributed by atoms with E-state index in [2.05, 4.69) is 0 Å². The maximum Gasteiger partial charge on any atom is 0.239 e. The molecule has 0 bridgehead atoms. The van der Waals surface area contributed by atoms with Gasteiger partial charge in [0.25, 0.3) is 0 Å². The lowest BCUT2D eigenvalue weighted by molar-refractivity contribution is -0.184. The van der Waals surface area contributed by atoms with Gasteiger partial charge in [0.1, 0.15) is 28.2 Å². The average molecular weight is 557 g/mol. The first-order valence-electron chi connectivity index (χ1n) is 13.2. The highest BCUT2D eigenvalue weighted by Gasteiger charge is 2.31. The van der Waals surface area contributed by atoms with E-state index < -0.39 is 23.9 Å². The number of allylic oxidation sites excluding steroid dienone is 2. The number of methoxy groups -OCH3 is 1. The smallest absolute Gasteiger partial charge is 0.239 e. The summed E-state index contributed by atoms with van der Waals surface area (Å²) < 4.78 is 29.3. The molecule has 0 amide bonds. The van der Waals surface area contributed by atoms with Crippen molar-refractivity contribution < 1.29 is 43.8 Å². The number of aliphatic hydroxyl groups is 3. The van der Waals surface area contributed by atoms with E-state index in [1.54, 1.807) is 31.4 Å². The fourth-order valence-electron chi connectivity index (χ4n) is 4.55. The Morgan fingerprint density at radius 2 is 1.90 bits per heavy atom. The van der Waals surface area contributed by atoms with Crippen LogP contribution in [-0.4, -0.2) is 65.9 Å².